The summed E-state index contributed by atoms with van der Waals surface area (Å²) in [5, 5.41) is 6.34. The quantitative estimate of drug-likeness (QED) is 0.894. The molecule has 1 heterocycles. The van der Waals surface area contributed by atoms with Gasteiger partial charge in [0.05, 0.1) is 11.3 Å². The van der Waals surface area contributed by atoms with Crippen molar-refractivity contribution in [2.24, 2.45) is 4.36 Å². The van der Waals surface area contributed by atoms with Crippen LogP contribution in [0.25, 0.3) is 0 Å². The molecule has 0 saturated carbocycles. The van der Waals surface area contributed by atoms with Crippen LogP contribution in [0.3, 0.4) is 0 Å². The summed E-state index contributed by atoms with van der Waals surface area (Å²) in [6, 6.07) is 7.96. The fraction of sp³-hybridized carbons (Fsp3) is 0.312. The molecule has 0 radical (unpaired) electrons. The van der Waals surface area contributed by atoms with Gasteiger partial charge in [-0.3, -0.25) is 9.59 Å². The van der Waals surface area contributed by atoms with E-state index in [1.165, 1.54) is 18.6 Å². The number of hydrogen-bond acceptors (Lipinski definition) is 5. The lowest BCUT2D eigenvalue weighted by Gasteiger charge is -2.07. The molecular formula is C16H19N3O4S. The first kappa shape index (κ1) is 17.9. The zero-order chi connectivity index (χ0) is 17.7. The second kappa shape index (κ2) is 7.39. The molecule has 0 bridgehead atoms. The number of benzene rings is 1. The number of rotatable bonds is 5. The normalized spacial score (nSPS) is 11.1. The molecule has 0 unspecified atom stereocenters. The smallest absolute Gasteiger partial charge is 0.287 e. The van der Waals surface area contributed by atoms with Gasteiger partial charge in [0.15, 0.2) is 5.69 Å². The Bertz CT molecular complexity index is 871. The van der Waals surface area contributed by atoms with Gasteiger partial charge < -0.3 is 9.84 Å². The van der Waals surface area contributed by atoms with Crippen LogP contribution in [0.15, 0.2) is 39.2 Å². The predicted molar refractivity (Wildman–Crippen MR) is 91.6 cm³/mol. The van der Waals surface area contributed by atoms with E-state index in [9.17, 15) is 13.8 Å². The molecule has 1 N–H and O–H groups in total. The van der Waals surface area contributed by atoms with Crippen LogP contribution in [0.5, 0.6) is 0 Å². The van der Waals surface area contributed by atoms with E-state index < -0.39 is 21.5 Å². The van der Waals surface area contributed by atoms with Gasteiger partial charge in [-0.25, -0.2) is 4.21 Å². The first-order valence-corrected chi connectivity index (χ1v) is 9.70. The Labute approximate surface area is 140 Å². The van der Waals surface area contributed by atoms with E-state index in [2.05, 4.69) is 14.8 Å². The van der Waals surface area contributed by atoms with Crippen LogP contribution >= 0.6 is 0 Å². The largest absolute Gasteiger partial charge is 0.361 e. The number of aromatic nitrogens is 1. The molecule has 0 spiro atoms. The van der Waals surface area contributed by atoms with Crippen molar-refractivity contribution in [2.45, 2.75) is 19.8 Å². The molecule has 2 rings (SSSR count). The topological polar surface area (TPSA) is 102 Å². The monoisotopic (exact) mass is 349 g/mol. The molecule has 2 aromatic rings. The minimum atomic E-state index is -2.59. The van der Waals surface area contributed by atoms with Crippen molar-refractivity contribution in [2.75, 3.05) is 17.8 Å². The lowest BCUT2D eigenvalue weighted by atomic mass is 10.1. The van der Waals surface area contributed by atoms with Gasteiger partial charge in [0.2, 0.25) is 0 Å². The molecule has 7 nitrogen and oxygen atoms in total. The molecule has 128 valence electrons. The molecule has 0 aliphatic heterocycles. The molecule has 1 aromatic carbocycles. The molecule has 8 heteroatoms. The summed E-state index contributed by atoms with van der Waals surface area (Å²) in [7, 11) is -2.59. The summed E-state index contributed by atoms with van der Waals surface area (Å²) in [5.74, 6) is -0.512. The van der Waals surface area contributed by atoms with Gasteiger partial charge in [0, 0.05) is 34.7 Å². The molecule has 0 fully saturated rings. The third-order valence-corrected chi connectivity index (χ3v) is 3.60. The number of para-hydroxylation sites is 1. The Hall–Kier alpha value is -2.48. The van der Waals surface area contributed by atoms with Crippen LogP contribution in [0, 0.1) is 0 Å². The third-order valence-electron chi connectivity index (χ3n) is 3.00. The molecule has 0 aliphatic rings. The van der Waals surface area contributed by atoms with E-state index in [0.717, 1.165) is 6.42 Å². The molecule has 2 amide bonds. The zero-order valence-electron chi connectivity index (χ0n) is 13.7. The van der Waals surface area contributed by atoms with Crippen molar-refractivity contribution < 1.29 is 18.3 Å². The maximum absolute atomic E-state index is 12.3. The molecule has 1 aromatic heterocycles. The highest BCUT2D eigenvalue weighted by molar-refractivity contribution is 7.92. The number of nitrogens with zero attached hydrogens (tertiary/aromatic N) is 2. The van der Waals surface area contributed by atoms with E-state index in [0.29, 0.717) is 12.2 Å². The number of carbonyl (C=O) groups is 2. The number of hydrogen-bond donors (Lipinski definition) is 1. The second-order valence-electron chi connectivity index (χ2n) is 5.51. The average Bonchev–Trinajstić information content (AvgIpc) is 2.95. The minimum absolute atomic E-state index is 0.132. The SMILES string of the molecule is CCCc1cc(C(=O)Nc2ccccc2C(=O)N=S(C)(C)=O)no1. The molecule has 24 heavy (non-hydrogen) atoms. The Balaban J connectivity index is 2.25. The number of aryl methyl sites for hydroxylation is 1. The van der Waals surface area contributed by atoms with Crippen LogP contribution in [-0.4, -0.2) is 33.7 Å². The van der Waals surface area contributed by atoms with E-state index in [-0.39, 0.29) is 16.9 Å². The van der Waals surface area contributed by atoms with Crippen LogP contribution in [0.1, 0.15) is 40.0 Å². The molecule has 0 saturated heterocycles. The lowest BCUT2D eigenvalue weighted by Crippen LogP contribution is -2.15. The second-order valence-corrected chi connectivity index (χ2v) is 8.05. The highest BCUT2D eigenvalue weighted by Crippen LogP contribution is 2.18. The maximum Gasteiger partial charge on any atom is 0.287 e. The molecular weight excluding hydrogens is 330 g/mol. The van der Waals surface area contributed by atoms with Crippen LogP contribution in [0.4, 0.5) is 5.69 Å². The van der Waals surface area contributed by atoms with Gasteiger partial charge >= 0.3 is 0 Å². The number of carbonyl (C=O) groups excluding carboxylic acids is 2. The number of anilines is 1. The van der Waals surface area contributed by atoms with Gasteiger partial charge in [0.25, 0.3) is 11.8 Å². The van der Waals surface area contributed by atoms with E-state index in [4.69, 9.17) is 4.52 Å². The van der Waals surface area contributed by atoms with Crippen molar-refractivity contribution in [1.29, 1.82) is 0 Å². The van der Waals surface area contributed by atoms with Crippen molar-refractivity contribution in [3.63, 3.8) is 0 Å². The molecule has 0 atom stereocenters. The predicted octanol–water partition coefficient (Wildman–Crippen LogP) is 2.75. The Morgan fingerprint density at radius 1 is 1.29 bits per heavy atom. The first-order valence-electron chi connectivity index (χ1n) is 7.37. The van der Waals surface area contributed by atoms with E-state index in [1.54, 1.807) is 24.3 Å². The summed E-state index contributed by atoms with van der Waals surface area (Å²) in [6.07, 6.45) is 4.31. The number of nitrogens with one attached hydrogen (secondary N) is 1. The van der Waals surface area contributed by atoms with Gasteiger partial charge in [-0.1, -0.05) is 24.2 Å². The van der Waals surface area contributed by atoms with Gasteiger partial charge in [-0.15, -0.1) is 0 Å². The fourth-order valence-electron chi connectivity index (χ4n) is 2.00. The molecule has 0 aliphatic carbocycles. The maximum atomic E-state index is 12.3. The van der Waals surface area contributed by atoms with Crippen molar-refractivity contribution in [3.05, 3.63) is 47.3 Å². The summed E-state index contributed by atoms with van der Waals surface area (Å²) in [5.41, 5.74) is 0.576. The Morgan fingerprint density at radius 3 is 2.67 bits per heavy atom. The highest BCUT2D eigenvalue weighted by atomic mass is 32.2. The van der Waals surface area contributed by atoms with E-state index >= 15 is 0 Å². The third kappa shape index (κ3) is 4.76. The minimum Gasteiger partial charge on any atom is -0.361 e. The van der Waals surface area contributed by atoms with Gasteiger partial charge in [-0.05, 0) is 18.6 Å². The lowest BCUT2D eigenvalue weighted by molar-refractivity contribution is 0.101. The highest BCUT2D eigenvalue weighted by Gasteiger charge is 2.17. The summed E-state index contributed by atoms with van der Waals surface area (Å²) in [6.45, 7) is 1.99. The Morgan fingerprint density at radius 2 is 2.00 bits per heavy atom. The summed E-state index contributed by atoms with van der Waals surface area (Å²) in [4.78, 5) is 24.4. The van der Waals surface area contributed by atoms with Crippen molar-refractivity contribution in [3.8, 4) is 0 Å². The zero-order valence-corrected chi connectivity index (χ0v) is 14.6. The standard InChI is InChI=1S/C16H19N3O4S/c1-4-7-11-10-14(18-23-11)16(21)17-13-9-6-5-8-12(13)15(20)19-24(2,3)22/h5-6,8-10H,4,7H2,1-3H3,(H,17,21). The Kier molecular flexibility index (Phi) is 5.50. The van der Waals surface area contributed by atoms with Crippen LogP contribution in [0.2, 0.25) is 0 Å². The van der Waals surface area contributed by atoms with Crippen molar-refractivity contribution in [1.82, 2.24) is 5.16 Å². The van der Waals surface area contributed by atoms with Gasteiger partial charge in [-0.2, -0.15) is 4.36 Å². The summed E-state index contributed by atoms with van der Waals surface area (Å²) < 4.78 is 20.4. The fourth-order valence-corrected chi connectivity index (χ4v) is 2.50. The summed E-state index contributed by atoms with van der Waals surface area (Å²) >= 11 is 0. The van der Waals surface area contributed by atoms with Crippen LogP contribution in [-0.2, 0) is 16.1 Å². The van der Waals surface area contributed by atoms with Crippen molar-refractivity contribution >= 4 is 27.2 Å². The van der Waals surface area contributed by atoms with Crippen LogP contribution < -0.4 is 5.32 Å². The van der Waals surface area contributed by atoms with E-state index in [1.807, 2.05) is 6.92 Å². The van der Waals surface area contributed by atoms with Gasteiger partial charge in [0.1, 0.15) is 5.76 Å². The number of amides is 2. The average molecular weight is 349 g/mol. The first-order chi connectivity index (χ1) is 11.3.